The van der Waals surface area contributed by atoms with E-state index < -0.39 is 17.7 Å². The number of aliphatic hydroxyl groups excluding tert-OH is 1. The molecule has 28 heavy (non-hydrogen) atoms. The molecule has 1 aliphatic heterocycles. The summed E-state index contributed by atoms with van der Waals surface area (Å²) >= 11 is 1.55. The van der Waals surface area contributed by atoms with E-state index in [1.807, 2.05) is 17.5 Å². The van der Waals surface area contributed by atoms with Gasteiger partial charge in [-0.15, -0.1) is 11.3 Å². The Hall–Kier alpha value is -1.83. The van der Waals surface area contributed by atoms with Crippen molar-refractivity contribution >= 4 is 17.2 Å². The molecule has 2 aliphatic rings. The number of likely N-dealkylation sites (tertiary alicyclic amines) is 1. The van der Waals surface area contributed by atoms with E-state index in [9.17, 15) is 18.7 Å². The summed E-state index contributed by atoms with van der Waals surface area (Å²) in [6.07, 6.45) is 1.10. The van der Waals surface area contributed by atoms with Gasteiger partial charge in [0.15, 0.2) is 0 Å². The van der Waals surface area contributed by atoms with Gasteiger partial charge in [0.25, 0.3) is 0 Å². The SMILES string of the molecule is O=C(Cc1cccs1)N[C@H]1C[C@H]2CN(Cc3cc(F)ccc3F)C[C@H]2C[C@@H]1O. The first-order chi connectivity index (χ1) is 13.5. The van der Waals surface area contributed by atoms with Crippen LogP contribution >= 0.6 is 11.3 Å². The van der Waals surface area contributed by atoms with Gasteiger partial charge in [0, 0.05) is 30.1 Å². The highest BCUT2D eigenvalue weighted by atomic mass is 32.1. The maximum absolute atomic E-state index is 13.9. The van der Waals surface area contributed by atoms with Crippen LogP contribution in [-0.2, 0) is 17.8 Å². The number of hydrogen-bond donors (Lipinski definition) is 2. The number of carbonyl (C=O) groups excluding carboxylic acids is 1. The van der Waals surface area contributed by atoms with Crippen molar-refractivity contribution < 1.29 is 18.7 Å². The summed E-state index contributed by atoms with van der Waals surface area (Å²) in [4.78, 5) is 15.4. The second-order valence-electron chi connectivity index (χ2n) is 7.92. The molecule has 1 aromatic carbocycles. The Morgan fingerprint density at radius 3 is 2.75 bits per heavy atom. The number of aliphatic hydroxyl groups is 1. The first-order valence-corrected chi connectivity index (χ1v) is 10.5. The third-order valence-corrected chi connectivity index (χ3v) is 6.76. The van der Waals surface area contributed by atoms with Crippen LogP contribution in [0.3, 0.4) is 0 Å². The number of hydrogen-bond acceptors (Lipinski definition) is 4. The fraction of sp³-hybridized carbons (Fsp3) is 0.476. The van der Waals surface area contributed by atoms with Gasteiger partial charge in [-0.1, -0.05) is 6.07 Å². The maximum Gasteiger partial charge on any atom is 0.225 e. The van der Waals surface area contributed by atoms with Crippen molar-refractivity contribution in [2.75, 3.05) is 13.1 Å². The van der Waals surface area contributed by atoms with E-state index in [4.69, 9.17) is 0 Å². The van der Waals surface area contributed by atoms with Gasteiger partial charge < -0.3 is 10.4 Å². The van der Waals surface area contributed by atoms with Crippen LogP contribution in [0.4, 0.5) is 8.78 Å². The summed E-state index contributed by atoms with van der Waals surface area (Å²) in [5.41, 5.74) is 0.361. The molecule has 0 spiro atoms. The lowest BCUT2D eigenvalue weighted by Crippen LogP contribution is -2.49. The number of amides is 1. The van der Waals surface area contributed by atoms with Crippen LogP contribution in [0.2, 0.25) is 0 Å². The monoisotopic (exact) mass is 406 g/mol. The van der Waals surface area contributed by atoms with Crippen LogP contribution in [0, 0.1) is 23.5 Å². The van der Waals surface area contributed by atoms with Gasteiger partial charge in [-0.2, -0.15) is 0 Å². The Balaban J connectivity index is 1.34. The van der Waals surface area contributed by atoms with Crippen LogP contribution < -0.4 is 5.32 Å². The van der Waals surface area contributed by atoms with Gasteiger partial charge in [0.2, 0.25) is 5.91 Å². The molecule has 1 amide bonds. The van der Waals surface area contributed by atoms with E-state index in [2.05, 4.69) is 10.2 Å². The minimum absolute atomic E-state index is 0.0679. The molecule has 2 fully saturated rings. The molecule has 4 nitrogen and oxygen atoms in total. The Morgan fingerprint density at radius 2 is 2.00 bits per heavy atom. The van der Waals surface area contributed by atoms with Gasteiger partial charge >= 0.3 is 0 Å². The first kappa shape index (κ1) is 19.5. The normalized spacial score (nSPS) is 27.5. The zero-order valence-corrected chi connectivity index (χ0v) is 16.3. The summed E-state index contributed by atoms with van der Waals surface area (Å²) in [6.45, 7) is 1.89. The lowest BCUT2D eigenvalue weighted by atomic mass is 9.77. The van der Waals surface area contributed by atoms with Crippen LogP contribution in [0.1, 0.15) is 23.3 Å². The highest BCUT2D eigenvalue weighted by molar-refractivity contribution is 7.10. The third kappa shape index (κ3) is 4.42. The standard InChI is InChI=1S/C21H24F2N2O2S/c22-16-3-4-18(23)15(6-16)12-25-10-13-7-19(20(26)8-14(13)11-25)24-21(27)9-17-2-1-5-28-17/h1-6,13-14,19-20,26H,7-12H2,(H,24,27)/t13-,14+,19-,20-/m0/s1. The van der Waals surface area contributed by atoms with Crippen LogP contribution in [-0.4, -0.2) is 41.1 Å². The number of fused-ring (bicyclic) bond motifs is 1. The molecule has 4 rings (SSSR count). The lowest BCUT2D eigenvalue weighted by molar-refractivity contribution is -0.122. The highest BCUT2D eigenvalue weighted by Gasteiger charge is 2.42. The molecular weight excluding hydrogens is 382 g/mol. The predicted octanol–water partition coefficient (Wildman–Crippen LogP) is 2.96. The number of halogens is 2. The Morgan fingerprint density at radius 1 is 1.21 bits per heavy atom. The van der Waals surface area contributed by atoms with Crippen molar-refractivity contribution in [3.05, 3.63) is 57.8 Å². The van der Waals surface area contributed by atoms with E-state index in [1.165, 1.54) is 6.07 Å². The smallest absolute Gasteiger partial charge is 0.225 e. The molecule has 2 aromatic rings. The molecule has 1 aliphatic carbocycles. The predicted molar refractivity (Wildman–Crippen MR) is 104 cm³/mol. The van der Waals surface area contributed by atoms with Gasteiger partial charge in [0.1, 0.15) is 11.6 Å². The van der Waals surface area contributed by atoms with Gasteiger partial charge in [-0.25, -0.2) is 8.78 Å². The van der Waals surface area contributed by atoms with Crippen molar-refractivity contribution in [3.8, 4) is 0 Å². The molecule has 2 heterocycles. The number of thiophene rings is 1. The van der Waals surface area contributed by atoms with E-state index in [-0.39, 0.29) is 11.9 Å². The zero-order chi connectivity index (χ0) is 19.7. The lowest BCUT2D eigenvalue weighted by Gasteiger charge is -2.35. The van der Waals surface area contributed by atoms with Gasteiger partial charge in [0.05, 0.1) is 18.6 Å². The van der Waals surface area contributed by atoms with E-state index in [0.717, 1.165) is 30.1 Å². The average Bonchev–Trinajstić information content (AvgIpc) is 3.27. The quantitative estimate of drug-likeness (QED) is 0.803. The largest absolute Gasteiger partial charge is 0.391 e. The first-order valence-electron chi connectivity index (χ1n) is 9.64. The van der Waals surface area contributed by atoms with Crippen molar-refractivity contribution in [2.24, 2.45) is 11.8 Å². The Bertz CT molecular complexity index is 830. The van der Waals surface area contributed by atoms with Crippen LogP contribution in [0.5, 0.6) is 0 Å². The third-order valence-electron chi connectivity index (χ3n) is 5.88. The van der Waals surface area contributed by atoms with Crippen molar-refractivity contribution in [2.45, 2.75) is 38.0 Å². The maximum atomic E-state index is 13.9. The summed E-state index contributed by atoms with van der Waals surface area (Å²) in [7, 11) is 0. The topological polar surface area (TPSA) is 52.6 Å². The second kappa shape index (κ2) is 8.27. The number of rotatable bonds is 5. The number of nitrogens with one attached hydrogen (secondary N) is 1. The number of carbonyl (C=O) groups is 1. The molecule has 1 aromatic heterocycles. The van der Waals surface area contributed by atoms with Gasteiger partial charge in [-0.05, 0) is 54.3 Å². The van der Waals surface area contributed by atoms with Crippen LogP contribution in [0.25, 0.3) is 0 Å². The summed E-state index contributed by atoms with van der Waals surface area (Å²) in [6, 6.07) is 7.14. The van der Waals surface area contributed by atoms with E-state index >= 15 is 0 Å². The molecule has 0 unspecified atom stereocenters. The molecule has 2 N–H and O–H groups in total. The van der Waals surface area contributed by atoms with Crippen molar-refractivity contribution in [3.63, 3.8) is 0 Å². The number of benzene rings is 1. The van der Waals surface area contributed by atoms with Crippen LogP contribution in [0.15, 0.2) is 35.7 Å². The highest BCUT2D eigenvalue weighted by Crippen LogP contribution is 2.37. The molecule has 0 bridgehead atoms. The molecule has 1 saturated carbocycles. The Labute approximate surface area is 167 Å². The minimum Gasteiger partial charge on any atom is -0.391 e. The molecule has 1 saturated heterocycles. The summed E-state index contributed by atoms with van der Waals surface area (Å²) in [5.74, 6) is -0.238. The molecular formula is C21H24F2N2O2S. The van der Waals surface area contributed by atoms with Crippen molar-refractivity contribution in [1.29, 1.82) is 0 Å². The average molecular weight is 406 g/mol. The fourth-order valence-corrected chi connectivity index (χ4v) is 5.25. The summed E-state index contributed by atoms with van der Waals surface area (Å²) < 4.78 is 27.4. The minimum atomic E-state index is -0.570. The van der Waals surface area contributed by atoms with Gasteiger partial charge in [-0.3, -0.25) is 9.69 Å². The fourth-order valence-electron chi connectivity index (χ4n) is 4.55. The van der Waals surface area contributed by atoms with Crippen molar-refractivity contribution in [1.82, 2.24) is 10.2 Å². The van der Waals surface area contributed by atoms with E-state index in [1.54, 1.807) is 11.3 Å². The van der Waals surface area contributed by atoms with E-state index in [0.29, 0.717) is 43.2 Å². The molecule has 150 valence electrons. The summed E-state index contributed by atoms with van der Waals surface area (Å²) in [5, 5.41) is 15.4. The number of nitrogens with zero attached hydrogens (tertiary/aromatic N) is 1. The Kier molecular flexibility index (Phi) is 5.75. The zero-order valence-electron chi connectivity index (χ0n) is 15.5. The molecule has 0 radical (unpaired) electrons. The molecule has 7 heteroatoms. The molecule has 4 atom stereocenters. The second-order valence-corrected chi connectivity index (χ2v) is 8.95.